The molecule has 0 unspecified atom stereocenters. The summed E-state index contributed by atoms with van der Waals surface area (Å²) in [4.78, 5) is 3.25. The zero-order chi connectivity index (χ0) is 10.8. The van der Waals surface area contributed by atoms with Crippen LogP contribution in [0, 0.1) is 18.3 Å². The molecular formula is C12H13N3. The van der Waals surface area contributed by atoms with Crippen LogP contribution < -0.4 is 5.73 Å². The van der Waals surface area contributed by atoms with Crippen molar-refractivity contribution in [2.75, 3.05) is 6.54 Å². The molecule has 15 heavy (non-hydrogen) atoms. The van der Waals surface area contributed by atoms with Gasteiger partial charge in [0.15, 0.2) is 0 Å². The molecule has 3 heteroatoms. The number of H-pyrrole nitrogens is 1. The number of hydrogen-bond acceptors (Lipinski definition) is 2. The Morgan fingerprint density at radius 3 is 2.93 bits per heavy atom. The molecule has 2 rings (SSSR count). The van der Waals surface area contributed by atoms with Gasteiger partial charge < -0.3 is 10.7 Å². The fourth-order valence-corrected chi connectivity index (χ4v) is 1.96. The molecule has 0 bridgehead atoms. The summed E-state index contributed by atoms with van der Waals surface area (Å²) in [5.41, 5.74) is 9.53. The fourth-order valence-electron chi connectivity index (χ4n) is 1.96. The van der Waals surface area contributed by atoms with E-state index in [9.17, 15) is 0 Å². The van der Waals surface area contributed by atoms with Crippen LogP contribution >= 0.6 is 0 Å². The Kier molecular flexibility index (Phi) is 2.44. The average molecular weight is 199 g/mol. The smallest absolute Gasteiger partial charge is 0.101 e. The van der Waals surface area contributed by atoms with Gasteiger partial charge in [-0.2, -0.15) is 5.26 Å². The van der Waals surface area contributed by atoms with Crippen molar-refractivity contribution in [3.05, 3.63) is 35.0 Å². The molecule has 1 aromatic heterocycles. The van der Waals surface area contributed by atoms with Gasteiger partial charge in [-0.25, -0.2) is 0 Å². The first kappa shape index (κ1) is 9.75. The third-order valence-electron chi connectivity index (χ3n) is 2.67. The average Bonchev–Trinajstić information content (AvgIpc) is 2.56. The molecule has 1 aromatic carbocycles. The lowest BCUT2D eigenvalue weighted by Gasteiger charge is -1.97. The first-order valence-electron chi connectivity index (χ1n) is 4.98. The summed E-state index contributed by atoms with van der Waals surface area (Å²) in [7, 11) is 0. The van der Waals surface area contributed by atoms with Crippen LogP contribution in [0.1, 0.15) is 16.8 Å². The summed E-state index contributed by atoms with van der Waals surface area (Å²) in [6, 6.07) is 7.96. The van der Waals surface area contributed by atoms with Gasteiger partial charge >= 0.3 is 0 Å². The Morgan fingerprint density at radius 1 is 1.47 bits per heavy atom. The van der Waals surface area contributed by atoms with E-state index < -0.39 is 0 Å². The summed E-state index contributed by atoms with van der Waals surface area (Å²) in [5, 5.41) is 10.1. The lowest BCUT2D eigenvalue weighted by atomic mass is 10.1. The molecule has 0 saturated carbocycles. The van der Waals surface area contributed by atoms with Crippen molar-refractivity contribution in [1.29, 1.82) is 5.26 Å². The van der Waals surface area contributed by atoms with Crippen molar-refractivity contribution in [3.63, 3.8) is 0 Å². The predicted molar refractivity (Wildman–Crippen MR) is 60.5 cm³/mol. The van der Waals surface area contributed by atoms with Crippen LogP contribution in [-0.4, -0.2) is 11.5 Å². The maximum absolute atomic E-state index is 8.97. The Morgan fingerprint density at radius 2 is 2.27 bits per heavy atom. The molecule has 0 spiro atoms. The SMILES string of the molecule is Cc1[nH]c2c(C#N)cccc2c1CCN. The highest BCUT2D eigenvalue weighted by Crippen LogP contribution is 2.24. The van der Waals surface area contributed by atoms with E-state index in [2.05, 4.69) is 11.1 Å². The predicted octanol–water partition coefficient (Wildman–Crippen LogP) is 1.85. The van der Waals surface area contributed by atoms with E-state index in [0.29, 0.717) is 12.1 Å². The number of hydrogen-bond donors (Lipinski definition) is 2. The molecule has 0 radical (unpaired) electrons. The normalized spacial score (nSPS) is 10.5. The van der Waals surface area contributed by atoms with Gasteiger partial charge in [-0.15, -0.1) is 0 Å². The van der Waals surface area contributed by atoms with E-state index >= 15 is 0 Å². The van der Waals surface area contributed by atoms with Crippen LogP contribution in [0.4, 0.5) is 0 Å². The Balaban J connectivity index is 2.74. The number of aromatic amines is 1. The maximum atomic E-state index is 8.97. The van der Waals surface area contributed by atoms with E-state index in [0.717, 1.165) is 23.0 Å². The third-order valence-corrected chi connectivity index (χ3v) is 2.67. The minimum Gasteiger partial charge on any atom is -0.357 e. The fraction of sp³-hybridized carbons (Fsp3) is 0.250. The largest absolute Gasteiger partial charge is 0.357 e. The Labute approximate surface area is 88.5 Å². The molecule has 2 aromatic rings. The number of para-hydroxylation sites is 1. The molecule has 3 nitrogen and oxygen atoms in total. The Hall–Kier alpha value is -1.79. The van der Waals surface area contributed by atoms with E-state index in [-0.39, 0.29) is 0 Å². The number of fused-ring (bicyclic) bond motifs is 1. The lowest BCUT2D eigenvalue weighted by Crippen LogP contribution is -2.03. The van der Waals surface area contributed by atoms with Crippen LogP contribution in [0.15, 0.2) is 18.2 Å². The first-order chi connectivity index (χ1) is 7.27. The number of nitrogens with two attached hydrogens (primary N) is 1. The number of nitriles is 1. The van der Waals surface area contributed by atoms with Gasteiger partial charge in [0.25, 0.3) is 0 Å². The molecule has 0 saturated heterocycles. The van der Waals surface area contributed by atoms with Crippen LogP contribution in [0.2, 0.25) is 0 Å². The topological polar surface area (TPSA) is 65.6 Å². The van der Waals surface area contributed by atoms with Crippen molar-refractivity contribution in [1.82, 2.24) is 4.98 Å². The van der Waals surface area contributed by atoms with Gasteiger partial charge in [-0.05, 0) is 31.5 Å². The molecule has 0 fully saturated rings. The van der Waals surface area contributed by atoms with Gasteiger partial charge in [0.05, 0.1) is 11.1 Å². The second-order valence-corrected chi connectivity index (χ2v) is 3.61. The number of nitrogens with one attached hydrogen (secondary N) is 1. The first-order valence-corrected chi connectivity index (χ1v) is 4.98. The minimum atomic E-state index is 0.630. The van der Waals surface area contributed by atoms with Gasteiger partial charge in [0, 0.05) is 11.1 Å². The second-order valence-electron chi connectivity index (χ2n) is 3.61. The quantitative estimate of drug-likeness (QED) is 0.775. The van der Waals surface area contributed by atoms with Crippen molar-refractivity contribution in [2.45, 2.75) is 13.3 Å². The van der Waals surface area contributed by atoms with E-state index in [1.54, 1.807) is 0 Å². The molecule has 1 heterocycles. The Bertz CT molecular complexity index is 532. The molecule has 0 amide bonds. The number of benzene rings is 1. The van der Waals surface area contributed by atoms with Crippen LogP contribution in [0.3, 0.4) is 0 Å². The molecule has 0 aliphatic carbocycles. The van der Waals surface area contributed by atoms with E-state index in [1.807, 2.05) is 25.1 Å². The minimum absolute atomic E-state index is 0.630. The van der Waals surface area contributed by atoms with E-state index in [4.69, 9.17) is 11.0 Å². The summed E-state index contributed by atoms with van der Waals surface area (Å²) >= 11 is 0. The monoisotopic (exact) mass is 199 g/mol. The molecule has 0 aliphatic heterocycles. The van der Waals surface area contributed by atoms with Crippen molar-refractivity contribution in [2.24, 2.45) is 5.73 Å². The van der Waals surface area contributed by atoms with Crippen molar-refractivity contribution >= 4 is 10.9 Å². The van der Waals surface area contributed by atoms with Crippen LogP contribution in [0.25, 0.3) is 10.9 Å². The van der Waals surface area contributed by atoms with E-state index in [1.165, 1.54) is 5.56 Å². The summed E-state index contributed by atoms with van der Waals surface area (Å²) in [6.45, 7) is 2.65. The summed E-state index contributed by atoms with van der Waals surface area (Å²) in [5.74, 6) is 0. The van der Waals surface area contributed by atoms with Crippen molar-refractivity contribution in [3.8, 4) is 6.07 Å². The standard InChI is InChI=1S/C12H13N3/c1-8-10(5-6-13)11-4-2-3-9(7-14)12(11)15-8/h2-4,15H,5-6,13H2,1H3. The highest BCUT2D eigenvalue weighted by atomic mass is 14.7. The van der Waals surface area contributed by atoms with Crippen molar-refractivity contribution < 1.29 is 0 Å². The molecular weight excluding hydrogens is 186 g/mol. The lowest BCUT2D eigenvalue weighted by molar-refractivity contribution is 0.963. The molecule has 0 aliphatic rings. The van der Waals surface area contributed by atoms with Crippen LogP contribution in [-0.2, 0) is 6.42 Å². The zero-order valence-corrected chi connectivity index (χ0v) is 8.67. The van der Waals surface area contributed by atoms with Gasteiger partial charge in [-0.1, -0.05) is 12.1 Å². The zero-order valence-electron chi connectivity index (χ0n) is 8.67. The van der Waals surface area contributed by atoms with Crippen LogP contribution in [0.5, 0.6) is 0 Å². The van der Waals surface area contributed by atoms with Gasteiger partial charge in [0.2, 0.25) is 0 Å². The highest BCUT2D eigenvalue weighted by Gasteiger charge is 2.09. The molecule has 3 N–H and O–H groups in total. The second kappa shape index (κ2) is 3.76. The molecule has 76 valence electrons. The summed E-state index contributed by atoms with van der Waals surface area (Å²) in [6.07, 6.45) is 0.848. The number of rotatable bonds is 2. The number of nitrogens with zero attached hydrogens (tertiary/aromatic N) is 1. The number of aryl methyl sites for hydroxylation is 1. The summed E-state index contributed by atoms with van der Waals surface area (Å²) < 4.78 is 0. The number of aromatic nitrogens is 1. The highest BCUT2D eigenvalue weighted by molar-refractivity contribution is 5.89. The van der Waals surface area contributed by atoms with Gasteiger partial charge in [-0.3, -0.25) is 0 Å². The third kappa shape index (κ3) is 1.49. The van der Waals surface area contributed by atoms with Gasteiger partial charge in [0.1, 0.15) is 6.07 Å². The molecule has 0 atom stereocenters. The maximum Gasteiger partial charge on any atom is 0.101 e.